The number of nitrogens with one attached hydrogen (secondary N) is 1. The molecule has 0 saturated heterocycles. The van der Waals surface area contributed by atoms with E-state index in [1.165, 1.54) is 17.6 Å². The van der Waals surface area contributed by atoms with Gasteiger partial charge in [0.15, 0.2) is 9.84 Å². The van der Waals surface area contributed by atoms with Crippen molar-refractivity contribution in [3.63, 3.8) is 0 Å². The van der Waals surface area contributed by atoms with Crippen molar-refractivity contribution in [3.05, 3.63) is 40.8 Å². The maximum Gasteiger partial charge on any atom is 0.175 e. The Hall–Kier alpha value is -1.40. The first-order valence-corrected chi connectivity index (χ1v) is 8.25. The first kappa shape index (κ1) is 13.0. The second-order valence-electron chi connectivity index (χ2n) is 4.08. The number of hydrogen-bond donors (Lipinski definition) is 1. The SMILES string of the molecule is CC(Nc1cccc(S(C)(=O)=O)c1)c1cscn1. The van der Waals surface area contributed by atoms with Crippen LogP contribution in [-0.2, 0) is 9.84 Å². The van der Waals surface area contributed by atoms with E-state index in [1.807, 2.05) is 18.4 Å². The van der Waals surface area contributed by atoms with E-state index in [4.69, 9.17) is 0 Å². The summed E-state index contributed by atoms with van der Waals surface area (Å²) in [6, 6.07) is 6.85. The highest BCUT2D eigenvalue weighted by Crippen LogP contribution is 2.21. The number of anilines is 1. The van der Waals surface area contributed by atoms with Crippen molar-refractivity contribution >= 4 is 26.9 Å². The predicted molar refractivity (Wildman–Crippen MR) is 73.7 cm³/mol. The third-order valence-corrected chi connectivity index (χ3v) is 4.26. The summed E-state index contributed by atoms with van der Waals surface area (Å²) in [7, 11) is -3.17. The zero-order chi connectivity index (χ0) is 13.2. The van der Waals surface area contributed by atoms with E-state index >= 15 is 0 Å². The molecule has 1 aromatic heterocycles. The lowest BCUT2D eigenvalue weighted by molar-refractivity contribution is 0.602. The highest BCUT2D eigenvalue weighted by atomic mass is 32.2. The summed E-state index contributed by atoms with van der Waals surface area (Å²) in [5, 5.41) is 5.21. The van der Waals surface area contributed by atoms with Gasteiger partial charge >= 0.3 is 0 Å². The molecule has 4 nitrogen and oxygen atoms in total. The first-order chi connectivity index (χ1) is 8.47. The molecule has 6 heteroatoms. The second kappa shape index (κ2) is 5.07. The molecule has 2 aromatic rings. The number of thiazole rings is 1. The maximum atomic E-state index is 11.5. The van der Waals surface area contributed by atoms with Crippen molar-refractivity contribution in [2.75, 3.05) is 11.6 Å². The van der Waals surface area contributed by atoms with Crippen molar-refractivity contribution in [2.45, 2.75) is 17.9 Å². The number of hydrogen-bond acceptors (Lipinski definition) is 5. The van der Waals surface area contributed by atoms with Gasteiger partial charge in [0.1, 0.15) is 0 Å². The average Bonchev–Trinajstić information content (AvgIpc) is 2.81. The molecule has 0 fully saturated rings. The van der Waals surface area contributed by atoms with E-state index in [1.54, 1.807) is 23.7 Å². The zero-order valence-corrected chi connectivity index (χ0v) is 11.8. The van der Waals surface area contributed by atoms with Crippen LogP contribution in [0, 0.1) is 0 Å². The molecule has 0 aliphatic rings. The topological polar surface area (TPSA) is 59.1 Å². The van der Waals surface area contributed by atoms with E-state index in [-0.39, 0.29) is 6.04 Å². The second-order valence-corrected chi connectivity index (χ2v) is 6.81. The van der Waals surface area contributed by atoms with Crippen LogP contribution >= 0.6 is 11.3 Å². The Morgan fingerprint density at radius 1 is 1.39 bits per heavy atom. The van der Waals surface area contributed by atoms with Gasteiger partial charge in [0.2, 0.25) is 0 Å². The van der Waals surface area contributed by atoms with Crippen molar-refractivity contribution in [3.8, 4) is 0 Å². The summed E-state index contributed by atoms with van der Waals surface area (Å²) in [4.78, 5) is 4.54. The van der Waals surface area contributed by atoms with Gasteiger partial charge in [0.25, 0.3) is 0 Å². The normalized spacial score (nSPS) is 13.2. The largest absolute Gasteiger partial charge is 0.377 e. The van der Waals surface area contributed by atoms with E-state index < -0.39 is 9.84 Å². The highest BCUT2D eigenvalue weighted by Gasteiger charge is 2.10. The lowest BCUT2D eigenvalue weighted by atomic mass is 10.2. The molecule has 0 radical (unpaired) electrons. The molecule has 0 amide bonds. The molecular formula is C12H14N2O2S2. The minimum atomic E-state index is -3.17. The molecule has 0 bridgehead atoms. The number of rotatable bonds is 4. The molecule has 18 heavy (non-hydrogen) atoms. The van der Waals surface area contributed by atoms with Gasteiger partial charge in [-0.05, 0) is 25.1 Å². The van der Waals surface area contributed by atoms with Gasteiger partial charge < -0.3 is 5.32 Å². The lowest BCUT2D eigenvalue weighted by Crippen LogP contribution is -2.07. The summed E-state index contributed by atoms with van der Waals surface area (Å²) in [6.07, 6.45) is 1.20. The molecule has 0 saturated carbocycles. The van der Waals surface area contributed by atoms with Crippen molar-refractivity contribution in [1.82, 2.24) is 4.98 Å². The van der Waals surface area contributed by atoms with Crippen LogP contribution in [-0.4, -0.2) is 19.7 Å². The number of sulfone groups is 1. The summed E-state index contributed by atoms with van der Waals surface area (Å²) in [5.41, 5.74) is 3.50. The molecule has 1 N–H and O–H groups in total. The fourth-order valence-electron chi connectivity index (χ4n) is 1.58. The monoisotopic (exact) mass is 282 g/mol. The van der Waals surface area contributed by atoms with Gasteiger partial charge in [-0.3, -0.25) is 0 Å². The van der Waals surface area contributed by atoms with Gasteiger partial charge in [-0.2, -0.15) is 0 Å². The summed E-state index contributed by atoms with van der Waals surface area (Å²) >= 11 is 1.54. The van der Waals surface area contributed by atoms with Crippen LogP contribution < -0.4 is 5.32 Å². The fraction of sp³-hybridized carbons (Fsp3) is 0.250. The molecule has 1 aromatic carbocycles. The summed E-state index contributed by atoms with van der Waals surface area (Å²) < 4.78 is 22.9. The van der Waals surface area contributed by atoms with E-state index in [0.717, 1.165) is 11.4 Å². The van der Waals surface area contributed by atoms with Crippen LogP contribution in [0.5, 0.6) is 0 Å². The van der Waals surface area contributed by atoms with E-state index in [0.29, 0.717) is 4.90 Å². The van der Waals surface area contributed by atoms with Crippen molar-refractivity contribution in [1.29, 1.82) is 0 Å². The average molecular weight is 282 g/mol. The molecule has 1 unspecified atom stereocenters. The lowest BCUT2D eigenvalue weighted by Gasteiger charge is -2.13. The minimum Gasteiger partial charge on any atom is -0.377 e. The van der Waals surface area contributed by atoms with Gasteiger partial charge in [-0.15, -0.1) is 11.3 Å². The van der Waals surface area contributed by atoms with Crippen LogP contribution in [0.4, 0.5) is 5.69 Å². The third kappa shape index (κ3) is 3.08. The molecule has 96 valence electrons. The van der Waals surface area contributed by atoms with Gasteiger partial charge in [-0.1, -0.05) is 6.07 Å². The maximum absolute atomic E-state index is 11.5. The van der Waals surface area contributed by atoms with Crippen molar-refractivity contribution < 1.29 is 8.42 Å². The van der Waals surface area contributed by atoms with Crippen LogP contribution in [0.15, 0.2) is 40.1 Å². The summed E-state index contributed by atoms with van der Waals surface area (Å²) in [6.45, 7) is 1.99. The Balaban J connectivity index is 2.20. The van der Waals surface area contributed by atoms with Crippen LogP contribution in [0.3, 0.4) is 0 Å². The quantitative estimate of drug-likeness (QED) is 0.936. The van der Waals surface area contributed by atoms with Crippen LogP contribution in [0.1, 0.15) is 18.7 Å². The summed E-state index contributed by atoms with van der Waals surface area (Å²) in [5.74, 6) is 0. The van der Waals surface area contributed by atoms with Gasteiger partial charge in [-0.25, -0.2) is 13.4 Å². The highest BCUT2D eigenvalue weighted by molar-refractivity contribution is 7.90. The predicted octanol–water partition coefficient (Wildman–Crippen LogP) is 2.72. The number of benzene rings is 1. The molecule has 0 spiro atoms. The molecule has 2 rings (SSSR count). The Labute approximate surface area is 111 Å². The Bertz CT molecular complexity index is 621. The zero-order valence-electron chi connectivity index (χ0n) is 10.1. The molecular weight excluding hydrogens is 268 g/mol. The first-order valence-electron chi connectivity index (χ1n) is 5.41. The van der Waals surface area contributed by atoms with Crippen LogP contribution in [0.25, 0.3) is 0 Å². The van der Waals surface area contributed by atoms with E-state index in [9.17, 15) is 8.42 Å². The van der Waals surface area contributed by atoms with Crippen molar-refractivity contribution in [2.24, 2.45) is 0 Å². The standard InChI is InChI=1S/C12H14N2O2S2/c1-9(12-7-17-8-13-12)14-10-4-3-5-11(6-10)18(2,15)16/h3-9,14H,1-2H3. The van der Waals surface area contributed by atoms with Gasteiger partial charge in [0, 0.05) is 17.3 Å². The smallest absolute Gasteiger partial charge is 0.175 e. The molecule has 0 aliphatic heterocycles. The molecule has 1 atom stereocenters. The fourth-order valence-corrected chi connectivity index (χ4v) is 2.89. The number of nitrogens with zero attached hydrogens (tertiary/aromatic N) is 1. The Morgan fingerprint density at radius 3 is 2.78 bits per heavy atom. The van der Waals surface area contributed by atoms with Crippen LogP contribution in [0.2, 0.25) is 0 Å². The van der Waals surface area contributed by atoms with E-state index in [2.05, 4.69) is 10.3 Å². The Kier molecular flexibility index (Phi) is 3.68. The van der Waals surface area contributed by atoms with Gasteiger partial charge in [0.05, 0.1) is 22.1 Å². The number of aromatic nitrogens is 1. The Morgan fingerprint density at radius 2 is 2.17 bits per heavy atom. The molecule has 1 heterocycles. The minimum absolute atomic E-state index is 0.0473. The third-order valence-electron chi connectivity index (χ3n) is 2.54. The molecule has 0 aliphatic carbocycles.